The quantitative estimate of drug-likeness (QED) is 0.428. The summed E-state index contributed by atoms with van der Waals surface area (Å²) in [6.07, 6.45) is 0.447. The second-order valence-electron chi connectivity index (χ2n) is 9.10. The van der Waals surface area contributed by atoms with Gasteiger partial charge in [0, 0.05) is 16.8 Å². The van der Waals surface area contributed by atoms with Gasteiger partial charge in [0.15, 0.2) is 15.5 Å². The molecule has 10 heteroatoms. The van der Waals surface area contributed by atoms with Gasteiger partial charge in [-0.15, -0.1) is 0 Å². The minimum atomic E-state index is -3.15. The molecule has 36 heavy (non-hydrogen) atoms. The van der Waals surface area contributed by atoms with E-state index in [0.717, 1.165) is 11.1 Å². The summed E-state index contributed by atoms with van der Waals surface area (Å²) in [5.74, 6) is -0.828. The Morgan fingerprint density at radius 3 is 2.36 bits per heavy atom. The number of hydrogen-bond donors (Lipinski definition) is 2. The van der Waals surface area contributed by atoms with E-state index in [-0.39, 0.29) is 23.5 Å². The number of primary amides is 1. The van der Waals surface area contributed by atoms with E-state index in [1.54, 1.807) is 41.9 Å². The van der Waals surface area contributed by atoms with E-state index in [9.17, 15) is 18.0 Å². The van der Waals surface area contributed by atoms with E-state index in [2.05, 4.69) is 10.4 Å². The van der Waals surface area contributed by atoms with Crippen molar-refractivity contribution in [2.75, 3.05) is 16.8 Å². The fourth-order valence-electron chi connectivity index (χ4n) is 4.50. The minimum absolute atomic E-state index is 0.00655. The second kappa shape index (κ2) is 8.87. The number of carbonyl (C=O) groups is 2. The summed E-state index contributed by atoms with van der Waals surface area (Å²) in [7, 11) is -3.15. The van der Waals surface area contributed by atoms with Crippen LogP contribution < -0.4 is 11.1 Å². The molecule has 1 aliphatic rings. The van der Waals surface area contributed by atoms with Crippen LogP contribution in [-0.4, -0.2) is 46.5 Å². The van der Waals surface area contributed by atoms with Crippen LogP contribution in [0, 0.1) is 13.8 Å². The molecule has 5 rings (SSSR count). The summed E-state index contributed by atoms with van der Waals surface area (Å²) >= 11 is 0. The van der Waals surface area contributed by atoms with Crippen molar-refractivity contribution in [1.82, 2.24) is 14.8 Å². The molecule has 1 fully saturated rings. The van der Waals surface area contributed by atoms with Crippen molar-refractivity contribution in [2.24, 2.45) is 5.73 Å². The van der Waals surface area contributed by atoms with Gasteiger partial charge in [-0.2, -0.15) is 5.10 Å². The zero-order valence-electron chi connectivity index (χ0n) is 19.9. The van der Waals surface area contributed by atoms with Gasteiger partial charge in [-0.3, -0.25) is 9.59 Å². The molecule has 3 N–H and O–H groups in total. The monoisotopic (exact) mass is 503 g/mol. The van der Waals surface area contributed by atoms with Gasteiger partial charge in [0.2, 0.25) is 5.91 Å². The third-order valence-corrected chi connectivity index (χ3v) is 8.16. The first-order valence-electron chi connectivity index (χ1n) is 11.5. The number of rotatable bonds is 5. The standard InChI is InChI=1S/C26H25N5O4S/c1-15-3-5-17(6-4-15)22-13-21(26(33)28-19-9-7-18(8-10-19)24(27)32)23-16(2)30-31(25(23)29-22)20-11-12-36(34,35)14-20/h3-10,13,20H,11-12,14H2,1-2H3,(H2,27,32)(H,28,33). The number of aryl methyl sites for hydroxylation is 2. The molecule has 0 saturated carbocycles. The Bertz CT molecular complexity index is 1610. The van der Waals surface area contributed by atoms with Crippen LogP contribution in [0.3, 0.4) is 0 Å². The number of hydrogen-bond acceptors (Lipinski definition) is 6. The molecule has 2 aromatic carbocycles. The van der Waals surface area contributed by atoms with Crippen molar-refractivity contribution in [3.8, 4) is 11.3 Å². The number of benzene rings is 2. The summed E-state index contributed by atoms with van der Waals surface area (Å²) in [6.45, 7) is 3.77. The molecular formula is C26H25N5O4S. The predicted molar refractivity (Wildman–Crippen MR) is 138 cm³/mol. The van der Waals surface area contributed by atoms with Gasteiger partial charge in [0.05, 0.1) is 39.9 Å². The van der Waals surface area contributed by atoms with Gasteiger partial charge in [-0.1, -0.05) is 29.8 Å². The number of pyridine rings is 1. The van der Waals surface area contributed by atoms with Crippen molar-refractivity contribution in [3.05, 3.63) is 77.0 Å². The van der Waals surface area contributed by atoms with E-state index in [1.807, 2.05) is 31.2 Å². The van der Waals surface area contributed by atoms with E-state index in [0.29, 0.717) is 45.7 Å². The second-order valence-corrected chi connectivity index (χ2v) is 11.3. The Balaban J connectivity index is 1.63. The van der Waals surface area contributed by atoms with Crippen molar-refractivity contribution in [3.63, 3.8) is 0 Å². The maximum Gasteiger partial charge on any atom is 0.256 e. The molecule has 0 spiro atoms. The number of anilines is 1. The van der Waals surface area contributed by atoms with E-state index < -0.39 is 15.7 Å². The number of nitrogens with two attached hydrogens (primary N) is 1. The highest BCUT2D eigenvalue weighted by molar-refractivity contribution is 7.91. The molecule has 0 aliphatic carbocycles. The van der Waals surface area contributed by atoms with Crippen LogP contribution in [0.25, 0.3) is 22.3 Å². The van der Waals surface area contributed by atoms with Crippen molar-refractivity contribution in [1.29, 1.82) is 0 Å². The molecule has 1 unspecified atom stereocenters. The molecule has 0 radical (unpaired) electrons. The third kappa shape index (κ3) is 4.47. The third-order valence-electron chi connectivity index (χ3n) is 6.41. The van der Waals surface area contributed by atoms with Gasteiger partial charge < -0.3 is 11.1 Å². The van der Waals surface area contributed by atoms with Gasteiger partial charge in [-0.25, -0.2) is 18.1 Å². The minimum Gasteiger partial charge on any atom is -0.366 e. The Morgan fingerprint density at radius 1 is 1.06 bits per heavy atom. The summed E-state index contributed by atoms with van der Waals surface area (Å²) in [5, 5.41) is 8.07. The fourth-order valence-corrected chi connectivity index (χ4v) is 6.20. The summed E-state index contributed by atoms with van der Waals surface area (Å²) in [4.78, 5) is 29.7. The highest BCUT2D eigenvalue weighted by Gasteiger charge is 2.32. The number of carbonyl (C=O) groups excluding carboxylic acids is 2. The first-order valence-corrected chi connectivity index (χ1v) is 13.3. The smallest absolute Gasteiger partial charge is 0.256 e. The Morgan fingerprint density at radius 2 is 1.75 bits per heavy atom. The molecule has 1 atom stereocenters. The number of aromatic nitrogens is 3. The van der Waals surface area contributed by atoms with E-state index in [4.69, 9.17) is 10.7 Å². The van der Waals surface area contributed by atoms with E-state index in [1.165, 1.54) is 0 Å². The van der Waals surface area contributed by atoms with Gasteiger partial charge in [0.1, 0.15) is 0 Å². The average molecular weight is 504 g/mol. The van der Waals surface area contributed by atoms with Crippen molar-refractivity contribution < 1.29 is 18.0 Å². The van der Waals surface area contributed by atoms with Crippen molar-refractivity contribution >= 4 is 38.4 Å². The first-order chi connectivity index (χ1) is 17.1. The summed E-state index contributed by atoms with van der Waals surface area (Å²) in [6, 6.07) is 15.5. The molecule has 4 aromatic rings. The molecule has 9 nitrogen and oxygen atoms in total. The van der Waals surface area contributed by atoms with Crippen LogP contribution in [-0.2, 0) is 9.84 Å². The lowest BCUT2D eigenvalue weighted by molar-refractivity contribution is 0.0998. The predicted octanol–water partition coefficient (Wildman–Crippen LogP) is 3.43. The lowest BCUT2D eigenvalue weighted by atomic mass is 10.0. The molecule has 2 aromatic heterocycles. The SMILES string of the molecule is Cc1ccc(-c2cc(C(=O)Nc3ccc(C(N)=O)cc3)c3c(C)nn(C4CCS(=O)(=O)C4)c3n2)cc1. The zero-order valence-corrected chi connectivity index (χ0v) is 20.7. The topological polar surface area (TPSA) is 137 Å². The zero-order chi connectivity index (χ0) is 25.6. The van der Waals surface area contributed by atoms with Crippen LogP contribution in [0.5, 0.6) is 0 Å². The maximum absolute atomic E-state index is 13.5. The number of amides is 2. The number of nitrogens with one attached hydrogen (secondary N) is 1. The average Bonchev–Trinajstić information content (AvgIpc) is 3.38. The summed E-state index contributed by atoms with van der Waals surface area (Å²) in [5.41, 5.74) is 10.1. The number of fused-ring (bicyclic) bond motifs is 1. The van der Waals surface area contributed by atoms with Crippen LogP contribution in [0.2, 0.25) is 0 Å². The van der Waals surface area contributed by atoms with Crippen LogP contribution in [0.15, 0.2) is 54.6 Å². The van der Waals surface area contributed by atoms with Gasteiger partial charge in [0.25, 0.3) is 5.91 Å². The Hall–Kier alpha value is -4.05. The molecule has 2 amide bonds. The van der Waals surface area contributed by atoms with Gasteiger partial charge >= 0.3 is 0 Å². The Kier molecular flexibility index (Phi) is 5.83. The Labute approximate surface area is 208 Å². The lowest BCUT2D eigenvalue weighted by Gasteiger charge is -2.13. The molecule has 184 valence electrons. The molecule has 1 saturated heterocycles. The number of sulfone groups is 1. The molecule has 0 bridgehead atoms. The van der Waals surface area contributed by atoms with Crippen LogP contribution >= 0.6 is 0 Å². The van der Waals surface area contributed by atoms with Crippen LogP contribution in [0.1, 0.15) is 44.4 Å². The normalized spacial score (nSPS) is 16.8. The van der Waals surface area contributed by atoms with Crippen LogP contribution in [0.4, 0.5) is 5.69 Å². The van der Waals surface area contributed by atoms with Gasteiger partial charge in [-0.05, 0) is 50.6 Å². The number of nitrogens with zero attached hydrogens (tertiary/aromatic N) is 3. The first kappa shape index (κ1) is 23.7. The molecule has 1 aliphatic heterocycles. The maximum atomic E-state index is 13.5. The fraction of sp³-hybridized carbons (Fsp3) is 0.231. The van der Waals surface area contributed by atoms with E-state index >= 15 is 0 Å². The lowest BCUT2D eigenvalue weighted by Crippen LogP contribution is -2.15. The summed E-state index contributed by atoms with van der Waals surface area (Å²) < 4.78 is 26.0. The molecule has 3 heterocycles. The van der Waals surface area contributed by atoms with Crippen molar-refractivity contribution in [2.45, 2.75) is 26.3 Å². The highest BCUT2D eigenvalue weighted by Crippen LogP contribution is 2.32. The highest BCUT2D eigenvalue weighted by atomic mass is 32.2. The largest absolute Gasteiger partial charge is 0.366 e. The molecular weight excluding hydrogens is 478 g/mol.